The zero-order valence-electron chi connectivity index (χ0n) is 8.74. The molecular formula is C12H9BrClNOS. The first-order valence-electron chi connectivity index (χ1n) is 5.16. The first-order valence-corrected chi connectivity index (χ1v) is 7.15. The van der Waals surface area contributed by atoms with Gasteiger partial charge < -0.3 is 10.1 Å². The Kier molecular flexibility index (Phi) is 3.03. The first-order chi connectivity index (χ1) is 8.22. The molecule has 2 heterocycles. The van der Waals surface area contributed by atoms with Crippen LogP contribution in [0.3, 0.4) is 0 Å². The van der Waals surface area contributed by atoms with Gasteiger partial charge in [-0.2, -0.15) is 0 Å². The van der Waals surface area contributed by atoms with Crippen LogP contribution in [-0.2, 0) is 0 Å². The number of benzene rings is 1. The molecule has 3 rings (SSSR count). The lowest BCUT2D eigenvalue weighted by molar-refractivity contribution is 0.288. The quantitative estimate of drug-likeness (QED) is 0.817. The van der Waals surface area contributed by atoms with Gasteiger partial charge in [-0.25, -0.2) is 0 Å². The van der Waals surface area contributed by atoms with Crippen molar-refractivity contribution in [3.8, 4) is 5.75 Å². The van der Waals surface area contributed by atoms with E-state index in [2.05, 4.69) is 21.2 Å². The standard InChI is InChI=1S/C12H9BrClNOS/c13-7-1-2-8-10(5-7)16-6-9(15-8)11-3-4-12(14)17-11/h1-5,9,15H,6H2. The van der Waals surface area contributed by atoms with Crippen molar-refractivity contribution in [3.63, 3.8) is 0 Å². The van der Waals surface area contributed by atoms with Crippen molar-refractivity contribution >= 4 is 44.6 Å². The molecule has 1 aliphatic heterocycles. The molecule has 0 bridgehead atoms. The normalized spacial score (nSPS) is 18.1. The number of anilines is 1. The van der Waals surface area contributed by atoms with Crippen LogP contribution in [0.25, 0.3) is 0 Å². The van der Waals surface area contributed by atoms with Crippen LogP contribution in [0.5, 0.6) is 5.75 Å². The molecule has 5 heteroatoms. The van der Waals surface area contributed by atoms with Gasteiger partial charge in [-0.1, -0.05) is 27.5 Å². The Balaban J connectivity index is 1.88. The first kappa shape index (κ1) is 11.4. The molecule has 2 nitrogen and oxygen atoms in total. The summed E-state index contributed by atoms with van der Waals surface area (Å²) >= 11 is 11.0. The number of halogens is 2. The van der Waals surface area contributed by atoms with Gasteiger partial charge in [-0.15, -0.1) is 11.3 Å². The summed E-state index contributed by atoms with van der Waals surface area (Å²) in [7, 11) is 0. The van der Waals surface area contributed by atoms with Crippen molar-refractivity contribution in [3.05, 3.63) is 44.0 Å². The van der Waals surface area contributed by atoms with E-state index in [1.807, 2.05) is 30.3 Å². The van der Waals surface area contributed by atoms with Crippen molar-refractivity contribution in [1.29, 1.82) is 0 Å². The fraction of sp³-hybridized carbons (Fsp3) is 0.167. The lowest BCUT2D eigenvalue weighted by atomic mass is 10.2. The fourth-order valence-electron chi connectivity index (χ4n) is 1.81. The molecule has 0 amide bonds. The lowest BCUT2D eigenvalue weighted by Crippen LogP contribution is -2.23. The van der Waals surface area contributed by atoms with E-state index < -0.39 is 0 Å². The van der Waals surface area contributed by atoms with Gasteiger partial charge in [0, 0.05) is 9.35 Å². The van der Waals surface area contributed by atoms with Gasteiger partial charge in [0.1, 0.15) is 12.4 Å². The van der Waals surface area contributed by atoms with Gasteiger partial charge in [0.15, 0.2) is 0 Å². The number of thiophene rings is 1. The summed E-state index contributed by atoms with van der Waals surface area (Å²) in [6.45, 7) is 0.625. The molecule has 0 aliphatic carbocycles. The van der Waals surface area contributed by atoms with Gasteiger partial charge in [-0.3, -0.25) is 0 Å². The van der Waals surface area contributed by atoms with Crippen LogP contribution in [0.15, 0.2) is 34.8 Å². The SMILES string of the molecule is Clc1ccc(C2COc3cc(Br)ccc3N2)s1. The van der Waals surface area contributed by atoms with Crippen molar-refractivity contribution in [2.45, 2.75) is 6.04 Å². The number of hydrogen-bond donors (Lipinski definition) is 1. The molecule has 0 radical (unpaired) electrons. The van der Waals surface area contributed by atoms with Gasteiger partial charge >= 0.3 is 0 Å². The van der Waals surface area contributed by atoms with Crippen LogP contribution >= 0.6 is 38.9 Å². The number of fused-ring (bicyclic) bond motifs is 1. The van der Waals surface area contributed by atoms with Crippen molar-refractivity contribution in [2.75, 3.05) is 11.9 Å². The summed E-state index contributed by atoms with van der Waals surface area (Å²) < 4.78 is 7.58. The molecule has 2 aromatic rings. The largest absolute Gasteiger partial charge is 0.489 e. The molecule has 1 aromatic carbocycles. The van der Waals surface area contributed by atoms with Crippen LogP contribution in [0.1, 0.15) is 10.9 Å². The van der Waals surface area contributed by atoms with Crippen LogP contribution < -0.4 is 10.1 Å². The molecule has 0 fully saturated rings. The van der Waals surface area contributed by atoms with Gasteiger partial charge in [0.2, 0.25) is 0 Å². The van der Waals surface area contributed by atoms with Crippen molar-refractivity contribution in [2.24, 2.45) is 0 Å². The topological polar surface area (TPSA) is 21.3 Å². The molecule has 1 unspecified atom stereocenters. The Bertz CT molecular complexity index is 557. The summed E-state index contributed by atoms with van der Waals surface area (Å²) in [6, 6.07) is 10.1. The maximum absolute atomic E-state index is 5.94. The van der Waals surface area contributed by atoms with Crippen molar-refractivity contribution in [1.82, 2.24) is 0 Å². The van der Waals surface area contributed by atoms with E-state index in [4.69, 9.17) is 16.3 Å². The highest BCUT2D eigenvalue weighted by molar-refractivity contribution is 9.10. The van der Waals surface area contributed by atoms with Gasteiger partial charge in [0.05, 0.1) is 16.1 Å². The van der Waals surface area contributed by atoms with E-state index >= 15 is 0 Å². The highest BCUT2D eigenvalue weighted by atomic mass is 79.9. The van der Waals surface area contributed by atoms with Crippen LogP contribution in [0.2, 0.25) is 4.34 Å². The minimum atomic E-state index is 0.182. The highest BCUT2D eigenvalue weighted by Gasteiger charge is 2.21. The number of hydrogen-bond acceptors (Lipinski definition) is 3. The summed E-state index contributed by atoms with van der Waals surface area (Å²) in [4.78, 5) is 1.20. The van der Waals surface area contributed by atoms with Gasteiger partial charge in [0.25, 0.3) is 0 Å². The van der Waals surface area contributed by atoms with Crippen LogP contribution in [0.4, 0.5) is 5.69 Å². The summed E-state index contributed by atoms with van der Waals surface area (Å²) in [5.41, 5.74) is 1.02. The van der Waals surface area contributed by atoms with Crippen LogP contribution in [-0.4, -0.2) is 6.61 Å². The predicted molar refractivity (Wildman–Crippen MR) is 75.3 cm³/mol. The van der Waals surface area contributed by atoms with Crippen LogP contribution in [0, 0.1) is 0 Å². The maximum atomic E-state index is 5.94. The molecule has 88 valence electrons. The second-order valence-electron chi connectivity index (χ2n) is 3.79. The van der Waals surface area contributed by atoms with E-state index in [1.165, 1.54) is 4.88 Å². The summed E-state index contributed by atoms with van der Waals surface area (Å²) in [5, 5.41) is 3.46. The van der Waals surface area contributed by atoms with Gasteiger partial charge in [-0.05, 0) is 30.3 Å². The highest BCUT2D eigenvalue weighted by Crippen LogP contribution is 2.37. The Labute approximate surface area is 117 Å². The number of ether oxygens (including phenoxy) is 1. The van der Waals surface area contributed by atoms with E-state index in [0.29, 0.717) is 6.61 Å². The molecule has 0 spiro atoms. The molecule has 1 atom stereocenters. The Morgan fingerprint density at radius 1 is 1.35 bits per heavy atom. The van der Waals surface area contributed by atoms with E-state index in [1.54, 1.807) is 11.3 Å². The summed E-state index contributed by atoms with van der Waals surface area (Å²) in [5.74, 6) is 0.887. The third-order valence-corrected chi connectivity index (χ3v) is 4.45. The minimum absolute atomic E-state index is 0.182. The smallest absolute Gasteiger partial charge is 0.143 e. The third kappa shape index (κ3) is 2.30. The van der Waals surface area contributed by atoms with E-state index in [0.717, 1.165) is 20.2 Å². The summed E-state index contributed by atoms with van der Waals surface area (Å²) in [6.07, 6.45) is 0. The van der Waals surface area contributed by atoms with Crippen molar-refractivity contribution < 1.29 is 4.74 Å². The second kappa shape index (κ2) is 4.52. The monoisotopic (exact) mass is 329 g/mol. The molecule has 17 heavy (non-hydrogen) atoms. The lowest BCUT2D eigenvalue weighted by Gasteiger charge is -2.26. The number of nitrogens with one attached hydrogen (secondary N) is 1. The third-order valence-electron chi connectivity index (χ3n) is 2.62. The predicted octanol–water partition coefficient (Wildman–Crippen LogP) is 4.71. The second-order valence-corrected chi connectivity index (χ2v) is 6.45. The Morgan fingerprint density at radius 2 is 2.24 bits per heavy atom. The Hall–Kier alpha value is -0.710. The molecule has 1 aliphatic rings. The zero-order valence-corrected chi connectivity index (χ0v) is 11.9. The molecule has 1 N–H and O–H groups in total. The van der Waals surface area contributed by atoms with E-state index in [-0.39, 0.29) is 6.04 Å². The zero-order chi connectivity index (χ0) is 11.8. The molecule has 0 saturated carbocycles. The number of rotatable bonds is 1. The fourth-order valence-corrected chi connectivity index (χ4v) is 3.24. The average molecular weight is 331 g/mol. The average Bonchev–Trinajstić information content (AvgIpc) is 2.75. The molecular weight excluding hydrogens is 322 g/mol. The maximum Gasteiger partial charge on any atom is 0.143 e. The molecule has 0 saturated heterocycles. The Morgan fingerprint density at radius 3 is 3.00 bits per heavy atom. The molecule has 1 aromatic heterocycles. The van der Waals surface area contributed by atoms with E-state index in [9.17, 15) is 0 Å². The minimum Gasteiger partial charge on any atom is -0.489 e.